The zero-order chi connectivity index (χ0) is 16.3. The van der Waals surface area contributed by atoms with Gasteiger partial charge in [0.05, 0.1) is 23.5 Å². The number of fused-ring (bicyclic) bond motifs is 2. The van der Waals surface area contributed by atoms with Crippen molar-refractivity contribution in [3.05, 3.63) is 22.6 Å². The Kier molecular flexibility index (Phi) is 3.46. The Morgan fingerprint density at radius 2 is 2.12 bits per heavy atom. The molecular weight excluding hydrogens is 386 g/mol. The van der Waals surface area contributed by atoms with Crippen LogP contribution in [-0.4, -0.2) is 44.5 Å². The van der Waals surface area contributed by atoms with Gasteiger partial charge in [0.2, 0.25) is 0 Å². The van der Waals surface area contributed by atoms with E-state index in [-0.39, 0.29) is 0 Å². The highest BCUT2D eigenvalue weighted by molar-refractivity contribution is 9.10. The summed E-state index contributed by atoms with van der Waals surface area (Å²) < 4.78 is 2.89. The number of hydrogen-bond acceptors (Lipinski definition) is 5. The van der Waals surface area contributed by atoms with Crippen molar-refractivity contribution in [2.75, 3.05) is 18.0 Å². The molecule has 2 fully saturated rings. The van der Waals surface area contributed by atoms with Crippen molar-refractivity contribution in [1.82, 2.24) is 14.6 Å². The van der Waals surface area contributed by atoms with Crippen molar-refractivity contribution in [2.24, 2.45) is 10.4 Å². The summed E-state index contributed by atoms with van der Waals surface area (Å²) in [5, 5.41) is 5.17. The molecule has 1 aliphatic carbocycles. The highest BCUT2D eigenvalue weighted by Gasteiger charge is 2.48. The number of piperidine rings is 1. The van der Waals surface area contributed by atoms with Gasteiger partial charge in [-0.1, -0.05) is 0 Å². The Bertz CT molecular complexity index is 824. The fourth-order valence-corrected chi connectivity index (χ4v) is 6.13. The van der Waals surface area contributed by atoms with Crippen LogP contribution in [-0.2, 0) is 0 Å². The Morgan fingerprint density at radius 1 is 1.29 bits per heavy atom. The Hall–Kier alpha value is -1.08. The van der Waals surface area contributed by atoms with Crippen LogP contribution >= 0.6 is 27.7 Å². The molecule has 3 aliphatic rings. The molecule has 0 amide bonds. The van der Waals surface area contributed by atoms with E-state index in [1.807, 2.05) is 29.4 Å². The second kappa shape index (κ2) is 5.46. The van der Waals surface area contributed by atoms with Crippen LogP contribution in [0, 0.1) is 12.3 Å². The van der Waals surface area contributed by atoms with E-state index in [4.69, 9.17) is 4.98 Å². The third-order valence-corrected chi connectivity index (χ3v) is 7.93. The topological polar surface area (TPSA) is 45.8 Å². The highest BCUT2D eigenvalue weighted by Crippen LogP contribution is 2.52. The van der Waals surface area contributed by atoms with E-state index >= 15 is 0 Å². The average Bonchev–Trinajstić information content (AvgIpc) is 3.27. The molecule has 2 aliphatic heterocycles. The zero-order valence-corrected chi connectivity index (χ0v) is 16.1. The molecule has 1 saturated carbocycles. The monoisotopic (exact) mass is 405 g/mol. The van der Waals surface area contributed by atoms with Crippen molar-refractivity contribution in [1.29, 1.82) is 0 Å². The van der Waals surface area contributed by atoms with Gasteiger partial charge in [-0.25, -0.2) is 9.50 Å². The Balaban J connectivity index is 1.40. The third kappa shape index (κ3) is 2.24. The molecule has 7 heteroatoms. The summed E-state index contributed by atoms with van der Waals surface area (Å²) >= 11 is 5.55. The number of rotatable bonds is 1. The normalized spacial score (nSPS) is 28.2. The van der Waals surface area contributed by atoms with E-state index < -0.39 is 0 Å². The lowest BCUT2D eigenvalue weighted by atomic mass is 9.77. The minimum Gasteiger partial charge on any atom is -0.355 e. The summed E-state index contributed by atoms with van der Waals surface area (Å²) in [5.41, 5.74) is 4.66. The van der Waals surface area contributed by atoms with Gasteiger partial charge in [-0.05, 0) is 60.0 Å². The van der Waals surface area contributed by atoms with Gasteiger partial charge in [-0.3, -0.25) is 4.99 Å². The maximum atomic E-state index is 4.86. The highest BCUT2D eigenvalue weighted by atomic mass is 79.9. The van der Waals surface area contributed by atoms with Crippen molar-refractivity contribution in [3.63, 3.8) is 0 Å². The second-order valence-electron chi connectivity index (χ2n) is 7.33. The Morgan fingerprint density at radius 3 is 2.92 bits per heavy atom. The Labute approximate surface area is 154 Å². The number of anilines is 1. The predicted molar refractivity (Wildman–Crippen MR) is 102 cm³/mol. The molecular formula is C17H20BrN5S. The van der Waals surface area contributed by atoms with Crippen LogP contribution in [0.2, 0.25) is 0 Å². The molecule has 2 aromatic heterocycles. The fourth-order valence-electron chi connectivity index (χ4n) is 4.58. The second-order valence-corrected chi connectivity index (χ2v) is 9.17. The summed E-state index contributed by atoms with van der Waals surface area (Å²) in [4.78, 5) is 12.0. The smallest absolute Gasteiger partial charge is 0.155 e. The lowest BCUT2D eigenvalue weighted by molar-refractivity contribution is 0.224. The zero-order valence-electron chi connectivity index (χ0n) is 13.7. The van der Waals surface area contributed by atoms with Crippen molar-refractivity contribution in [3.8, 4) is 0 Å². The van der Waals surface area contributed by atoms with Gasteiger partial charge in [0, 0.05) is 18.3 Å². The number of aryl methyl sites for hydroxylation is 1. The third-order valence-electron chi connectivity index (χ3n) is 5.95. The minimum absolute atomic E-state index is 0.511. The maximum absolute atomic E-state index is 4.86. The number of thioether (sulfide) groups is 1. The quantitative estimate of drug-likeness (QED) is 0.725. The van der Waals surface area contributed by atoms with Crippen LogP contribution in [0.25, 0.3) is 5.52 Å². The summed E-state index contributed by atoms with van der Waals surface area (Å²) in [6.45, 7) is 4.21. The first kappa shape index (κ1) is 15.2. The molecule has 126 valence electrons. The van der Waals surface area contributed by atoms with Gasteiger partial charge in [0.1, 0.15) is 10.1 Å². The number of aliphatic imine (C=N–C) groups is 1. The maximum Gasteiger partial charge on any atom is 0.155 e. The molecule has 1 spiro atoms. The lowest BCUT2D eigenvalue weighted by Crippen LogP contribution is -2.40. The van der Waals surface area contributed by atoms with Crippen LogP contribution in [0.3, 0.4) is 0 Å². The number of nitrogens with zero attached hydrogens (tertiary/aromatic N) is 5. The molecule has 0 bridgehead atoms. The van der Waals surface area contributed by atoms with E-state index in [0.29, 0.717) is 11.5 Å². The van der Waals surface area contributed by atoms with Crippen LogP contribution < -0.4 is 4.90 Å². The van der Waals surface area contributed by atoms with E-state index in [2.05, 4.69) is 42.5 Å². The SMILES string of the molecule is Cc1nc(N2CCC3(CC2)CC2N=CSC2C3)c2ccnn2c1Br. The van der Waals surface area contributed by atoms with Crippen LogP contribution in [0.5, 0.6) is 0 Å². The number of hydrogen-bond donors (Lipinski definition) is 0. The largest absolute Gasteiger partial charge is 0.355 e. The molecule has 0 N–H and O–H groups in total. The first-order valence-electron chi connectivity index (χ1n) is 8.57. The van der Waals surface area contributed by atoms with Gasteiger partial charge >= 0.3 is 0 Å². The molecule has 4 heterocycles. The summed E-state index contributed by atoms with van der Waals surface area (Å²) in [6, 6.07) is 2.64. The van der Waals surface area contributed by atoms with Crippen molar-refractivity contribution < 1.29 is 0 Å². The molecule has 24 heavy (non-hydrogen) atoms. The first-order valence-corrected chi connectivity index (χ1v) is 10.3. The minimum atomic E-state index is 0.511. The van der Waals surface area contributed by atoms with E-state index in [1.54, 1.807) is 0 Å². The van der Waals surface area contributed by atoms with Crippen molar-refractivity contribution in [2.45, 2.75) is 43.9 Å². The van der Waals surface area contributed by atoms with Gasteiger partial charge in [0.25, 0.3) is 0 Å². The van der Waals surface area contributed by atoms with E-state index in [9.17, 15) is 0 Å². The summed E-state index contributed by atoms with van der Waals surface area (Å²) in [7, 11) is 0. The predicted octanol–water partition coefficient (Wildman–Crippen LogP) is 3.69. The lowest BCUT2D eigenvalue weighted by Gasteiger charge is -2.40. The molecule has 1 saturated heterocycles. The molecule has 0 radical (unpaired) electrons. The fraction of sp³-hybridized carbons (Fsp3) is 0.588. The van der Waals surface area contributed by atoms with Gasteiger partial charge in [0.15, 0.2) is 5.82 Å². The molecule has 2 aromatic rings. The molecule has 0 aromatic carbocycles. The average molecular weight is 406 g/mol. The van der Waals surface area contributed by atoms with Gasteiger partial charge in [-0.15, -0.1) is 11.8 Å². The van der Waals surface area contributed by atoms with Gasteiger partial charge in [-0.2, -0.15) is 5.10 Å². The number of aromatic nitrogens is 3. The van der Waals surface area contributed by atoms with E-state index in [0.717, 1.165) is 40.0 Å². The number of halogens is 1. The molecule has 5 nitrogen and oxygen atoms in total. The van der Waals surface area contributed by atoms with Crippen LogP contribution in [0.4, 0.5) is 5.82 Å². The standard InChI is InChI=1S/C17H20BrN5S/c1-11-15(18)23-13(2-5-20-23)16(21-11)22-6-3-17(4-7-22)8-12-14(9-17)24-10-19-12/h2,5,10,12,14H,3-4,6-9H2,1H3. The summed E-state index contributed by atoms with van der Waals surface area (Å²) in [6.07, 6.45) is 6.98. The van der Waals surface area contributed by atoms with Gasteiger partial charge < -0.3 is 4.90 Å². The van der Waals surface area contributed by atoms with E-state index in [1.165, 1.54) is 25.7 Å². The first-order chi connectivity index (χ1) is 11.7. The van der Waals surface area contributed by atoms with Crippen molar-refractivity contribution >= 4 is 44.6 Å². The summed E-state index contributed by atoms with van der Waals surface area (Å²) in [5.74, 6) is 1.08. The van der Waals surface area contributed by atoms with Crippen LogP contribution in [0.1, 0.15) is 31.4 Å². The van der Waals surface area contributed by atoms with Crippen LogP contribution in [0.15, 0.2) is 21.9 Å². The molecule has 2 atom stereocenters. The molecule has 5 rings (SSSR count). The molecule has 2 unspecified atom stereocenters.